The van der Waals surface area contributed by atoms with Gasteiger partial charge in [-0.05, 0) is 13.8 Å². The van der Waals surface area contributed by atoms with Gasteiger partial charge in [0.1, 0.15) is 0 Å². The number of nitrogens with one attached hydrogen (secondary N) is 3. The maximum atomic E-state index is 10.9. The van der Waals surface area contributed by atoms with Crippen LogP contribution in [0, 0.1) is 5.53 Å². The van der Waals surface area contributed by atoms with Crippen LogP contribution in [0.3, 0.4) is 0 Å². The van der Waals surface area contributed by atoms with Crippen molar-refractivity contribution in [1.82, 2.24) is 10.7 Å². The van der Waals surface area contributed by atoms with Crippen molar-refractivity contribution in [3.8, 4) is 0 Å². The quantitative estimate of drug-likeness (QED) is 0.231. The molecule has 14 heavy (non-hydrogen) atoms. The molecule has 3 N–H and O–H groups in total. The third kappa shape index (κ3) is 6.68. The van der Waals surface area contributed by atoms with E-state index in [2.05, 4.69) is 20.6 Å². The Bertz CT molecular complexity index is 299. The second-order valence-corrected chi connectivity index (χ2v) is 2.57. The van der Waals surface area contributed by atoms with E-state index in [1.807, 2.05) is 0 Å². The van der Waals surface area contributed by atoms with Crippen LogP contribution in [0.1, 0.15) is 13.8 Å². The van der Waals surface area contributed by atoms with Gasteiger partial charge in [0.05, 0.1) is 16.9 Å². The molecule has 0 fully saturated rings. The van der Waals surface area contributed by atoms with Crippen LogP contribution in [-0.2, 0) is 9.59 Å². The van der Waals surface area contributed by atoms with Crippen molar-refractivity contribution in [2.24, 2.45) is 5.10 Å². The molecule has 0 aliphatic rings. The summed E-state index contributed by atoms with van der Waals surface area (Å²) < 4.78 is 0. The molecule has 76 valence electrons. The molecule has 0 bridgehead atoms. The van der Waals surface area contributed by atoms with Gasteiger partial charge in [-0.2, -0.15) is 5.10 Å². The van der Waals surface area contributed by atoms with Gasteiger partial charge >= 0.3 is 12.1 Å². The molecule has 7 nitrogen and oxygen atoms in total. The minimum Gasteiger partial charge on any atom is -0.337 e. The van der Waals surface area contributed by atoms with Crippen LogP contribution >= 0.6 is 0 Å². The van der Waals surface area contributed by atoms with E-state index in [9.17, 15) is 9.59 Å². The predicted octanol–water partition coefficient (Wildman–Crippen LogP) is -1.08. The summed E-state index contributed by atoms with van der Waals surface area (Å²) in [6.45, 7) is 3.26. The maximum absolute atomic E-state index is 10.9. The SMILES string of the molecule is CC(C)=NNC(=O)CNC(=O)C=[N+]=N. The third-order valence-electron chi connectivity index (χ3n) is 1.01. The Labute approximate surface area is 80.8 Å². The lowest BCUT2D eigenvalue weighted by Crippen LogP contribution is -2.35. The number of amides is 2. The highest BCUT2D eigenvalue weighted by Crippen LogP contribution is 1.70. The summed E-state index contributed by atoms with van der Waals surface area (Å²) >= 11 is 0. The van der Waals surface area contributed by atoms with Crippen molar-refractivity contribution in [1.29, 1.82) is 5.53 Å². The van der Waals surface area contributed by atoms with E-state index in [1.54, 1.807) is 13.8 Å². The fraction of sp³-hybridized carbons (Fsp3) is 0.429. The molecule has 0 aromatic carbocycles. The van der Waals surface area contributed by atoms with Crippen LogP contribution in [-0.4, -0.2) is 35.1 Å². The van der Waals surface area contributed by atoms with Crippen molar-refractivity contribution in [3.63, 3.8) is 0 Å². The number of rotatable bonds is 4. The minimum atomic E-state index is -0.590. The second kappa shape index (κ2) is 6.50. The molecule has 0 aromatic heterocycles. The van der Waals surface area contributed by atoms with Gasteiger partial charge in [-0.3, -0.25) is 9.59 Å². The molecular weight excluding hydrogens is 186 g/mol. The Kier molecular flexibility index (Phi) is 5.57. The van der Waals surface area contributed by atoms with E-state index in [0.29, 0.717) is 5.71 Å². The van der Waals surface area contributed by atoms with Crippen LogP contribution in [0.4, 0.5) is 0 Å². The molecule has 0 heterocycles. The molecule has 7 heteroatoms. The van der Waals surface area contributed by atoms with Gasteiger partial charge in [-0.15, -0.1) is 0 Å². The molecule has 0 spiro atoms. The summed E-state index contributed by atoms with van der Waals surface area (Å²) in [7, 11) is 0. The number of carbonyl (C=O) groups is 2. The normalized spacial score (nSPS) is 8.14. The first-order chi connectivity index (χ1) is 6.56. The highest BCUT2D eigenvalue weighted by molar-refractivity contribution is 6.24. The highest BCUT2D eigenvalue weighted by atomic mass is 16.2. The summed E-state index contributed by atoms with van der Waals surface area (Å²) in [6, 6.07) is 0. The summed E-state index contributed by atoms with van der Waals surface area (Å²) in [4.78, 5) is 24.4. The fourth-order valence-electron chi connectivity index (χ4n) is 0.485. The topological polar surface area (TPSA) is 109 Å². The van der Waals surface area contributed by atoms with E-state index >= 15 is 0 Å². The van der Waals surface area contributed by atoms with E-state index in [1.165, 1.54) is 0 Å². The van der Waals surface area contributed by atoms with Gasteiger partial charge < -0.3 is 5.32 Å². The average Bonchev–Trinajstić information content (AvgIpc) is 2.12. The fourth-order valence-corrected chi connectivity index (χ4v) is 0.485. The summed E-state index contributed by atoms with van der Waals surface area (Å²) in [5.74, 6) is -1.02. The minimum absolute atomic E-state index is 0.193. The van der Waals surface area contributed by atoms with E-state index in [-0.39, 0.29) is 6.54 Å². The van der Waals surface area contributed by atoms with Gasteiger partial charge in [-0.25, -0.2) is 5.43 Å². The molecule has 2 amide bonds. The van der Waals surface area contributed by atoms with Crippen LogP contribution in [0.25, 0.3) is 0 Å². The lowest BCUT2D eigenvalue weighted by Gasteiger charge is -1.98. The second-order valence-electron chi connectivity index (χ2n) is 2.57. The Morgan fingerprint density at radius 1 is 1.50 bits per heavy atom. The molecule has 0 aromatic rings. The molecule has 0 unspecified atom stereocenters. The predicted molar refractivity (Wildman–Crippen MR) is 49.0 cm³/mol. The standard InChI is InChI=1S/C7H11N5O2/c1-5(2)11-12-7(14)3-9-6(13)4-10-8/h4,8H,3H2,1-2H3,(H-,9,12,13,14)/p+1. The molecule has 0 atom stereocenters. The Balaban J connectivity index is 3.80. The summed E-state index contributed by atoms with van der Waals surface area (Å²) in [5, 5.41) is 5.86. The molecule has 0 rings (SSSR count). The summed E-state index contributed by atoms with van der Waals surface area (Å²) in [6.07, 6.45) is 0.765. The van der Waals surface area contributed by atoms with E-state index in [0.717, 1.165) is 6.21 Å². The smallest absolute Gasteiger partial charge is 0.337 e. The zero-order chi connectivity index (χ0) is 11.0. The monoisotopic (exact) mass is 198 g/mol. The van der Waals surface area contributed by atoms with Crippen molar-refractivity contribution >= 4 is 23.7 Å². The zero-order valence-electron chi connectivity index (χ0n) is 8.00. The lowest BCUT2D eigenvalue weighted by molar-refractivity contribution is -0.133. The van der Waals surface area contributed by atoms with Gasteiger partial charge in [0.2, 0.25) is 0 Å². The first kappa shape index (κ1) is 12.0. The van der Waals surface area contributed by atoms with Gasteiger partial charge in [0.25, 0.3) is 5.91 Å². The first-order valence-electron chi connectivity index (χ1n) is 3.83. The first-order valence-corrected chi connectivity index (χ1v) is 3.83. The van der Waals surface area contributed by atoms with Crippen LogP contribution in [0.15, 0.2) is 5.10 Å². The number of carbonyl (C=O) groups excluding carboxylic acids is 2. The van der Waals surface area contributed by atoms with Crippen molar-refractivity contribution in [2.75, 3.05) is 6.54 Å². The van der Waals surface area contributed by atoms with Gasteiger partial charge in [0, 0.05) is 5.71 Å². The maximum Gasteiger partial charge on any atom is 0.394 e. The van der Waals surface area contributed by atoms with Crippen molar-refractivity contribution in [2.45, 2.75) is 13.8 Å². The number of hydrogen-bond acceptors (Lipinski definition) is 4. The Morgan fingerprint density at radius 3 is 2.64 bits per heavy atom. The average molecular weight is 198 g/mol. The number of hydrazone groups is 1. The Hall–Kier alpha value is -2.01. The van der Waals surface area contributed by atoms with Crippen LogP contribution in [0.2, 0.25) is 0 Å². The molecule has 0 radical (unpaired) electrons. The molecule has 0 aliphatic carbocycles. The van der Waals surface area contributed by atoms with E-state index in [4.69, 9.17) is 5.53 Å². The zero-order valence-corrected chi connectivity index (χ0v) is 8.00. The Morgan fingerprint density at radius 2 is 2.14 bits per heavy atom. The number of hydrogen-bond donors (Lipinski definition) is 3. The van der Waals surface area contributed by atoms with Crippen molar-refractivity contribution < 1.29 is 14.4 Å². The molecule has 0 aliphatic heterocycles. The largest absolute Gasteiger partial charge is 0.394 e. The third-order valence-corrected chi connectivity index (χ3v) is 1.01. The molecule has 0 saturated carbocycles. The van der Waals surface area contributed by atoms with Gasteiger partial charge in [0.15, 0.2) is 0 Å². The lowest BCUT2D eigenvalue weighted by atomic mass is 10.5. The summed E-state index contributed by atoms with van der Waals surface area (Å²) in [5.41, 5.74) is 9.27. The van der Waals surface area contributed by atoms with Crippen LogP contribution in [0.5, 0.6) is 0 Å². The van der Waals surface area contributed by atoms with E-state index < -0.39 is 11.8 Å². The van der Waals surface area contributed by atoms with Gasteiger partial charge in [-0.1, -0.05) is 0 Å². The van der Waals surface area contributed by atoms with Crippen molar-refractivity contribution in [3.05, 3.63) is 0 Å². The highest BCUT2D eigenvalue weighted by Gasteiger charge is 2.05. The number of nitrogens with zero attached hydrogens (tertiary/aromatic N) is 2. The van der Waals surface area contributed by atoms with Crippen LogP contribution < -0.4 is 10.7 Å². The molecule has 0 saturated heterocycles. The molecular formula is C7H12N5O2+.